The molecule has 0 saturated heterocycles. The molecule has 1 amide bonds. The number of aromatic nitrogens is 2. The van der Waals surface area contributed by atoms with Crippen molar-refractivity contribution in [1.82, 2.24) is 9.78 Å². The number of alkyl halides is 3. The van der Waals surface area contributed by atoms with Gasteiger partial charge in [0.2, 0.25) is 0 Å². The molecule has 0 aliphatic heterocycles. The van der Waals surface area contributed by atoms with Gasteiger partial charge in [0, 0.05) is 29.7 Å². The summed E-state index contributed by atoms with van der Waals surface area (Å²) in [6, 6.07) is 11.9. The number of hydrogen-bond acceptors (Lipinski definition) is 5. The van der Waals surface area contributed by atoms with Gasteiger partial charge in [0.15, 0.2) is 0 Å². The van der Waals surface area contributed by atoms with Crippen LogP contribution in [0.2, 0.25) is 0 Å². The van der Waals surface area contributed by atoms with Crippen molar-refractivity contribution >= 4 is 21.4 Å². The van der Waals surface area contributed by atoms with Crippen molar-refractivity contribution in [1.29, 1.82) is 0 Å². The fourth-order valence-corrected chi connectivity index (χ4v) is 3.24. The topological polar surface area (TPSA) is 90.3 Å². The summed E-state index contributed by atoms with van der Waals surface area (Å²) in [6.07, 6.45) is 3.45. The van der Waals surface area contributed by atoms with Gasteiger partial charge in [0.25, 0.3) is 15.7 Å². The molecule has 1 heterocycles. The Morgan fingerprint density at radius 3 is 2.47 bits per heavy atom. The van der Waals surface area contributed by atoms with E-state index in [9.17, 15) is 26.4 Å². The maximum absolute atomic E-state index is 12.6. The number of ether oxygens (including phenoxy) is 1. The smallest absolute Gasteiger partial charge is 0.492 e. The Morgan fingerprint density at radius 2 is 1.83 bits per heavy atom. The van der Waals surface area contributed by atoms with Crippen LogP contribution in [-0.4, -0.2) is 36.2 Å². The molecule has 0 saturated carbocycles. The van der Waals surface area contributed by atoms with Crippen LogP contribution in [0, 0.1) is 0 Å². The number of carbonyl (C=O) groups is 1. The van der Waals surface area contributed by atoms with Crippen LogP contribution in [0.15, 0.2) is 71.9 Å². The Bertz CT molecular complexity index is 1110. The zero-order valence-electron chi connectivity index (χ0n) is 15.3. The third kappa shape index (κ3) is 4.98. The van der Waals surface area contributed by atoms with Gasteiger partial charge in [0.1, 0.15) is 12.4 Å². The van der Waals surface area contributed by atoms with Gasteiger partial charge in [-0.25, -0.2) is 8.42 Å². The van der Waals surface area contributed by atoms with Gasteiger partial charge in [-0.05, 0) is 42.5 Å². The first-order chi connectivity index (χ1) is 14.2. The minimum absolute atomic E-state index is 0.00104. The number of sulfone groups is 1. The molecule has 0 fully saturated rings. The standard InChI is InChI=1S/C19H16F3N3O4S/c20-19(21,22)30(27,28)17-7-5-14(6-8-17)18(26)24-15-3-1-4-16(13-15)29-12-11-25-10-2-9-23-25/h1-10,13H,11-12H2,(H,24,26). The van der Waals surface area contributed by atoms with Crippen molar-refractivity contribution in [3.63, 3.8) is 0 Å². The van der Waals surface area contributed by atoms with Gasteiger partial charge >= 0.3 is 5.51 Å². The summed E-state index contributed by atoms with van der Waals surface area (Å²) < 4.78 is 67.8. The number of nitrogens with zero attached hydrogens (tertiary/aromatic N) is 2. The Morgan fingerprint density at radius 1 is 1.10 bits per heavy atom. The molecule has 1 aromatic heterocycles. The van der Waals surface area contributed by atoms with Crippen LogP contribution in [-0.2, 0) is 16.4 Å². The van der Waals surface area contributed by atoms with Crippen LogP contribution in [0.3, 0.4) is 0 Å². The lowest BCUT2D eigenvalue weighted by atomic mass is 10.2. The van der Waals surface area contributed by atoms with E-state index in [0.717, 1.165) is 24.3 Å². The number of halogens is 3. The van der Waals surface area contributed by atoms with Crippen molar-refractivity contribution in [3.05, 3.63) is 72.6 Å². The molecule has 158 valence electrons. The Balaban J connectivity index is 1.63. The summed E-state index contributed by atoms with van der Waals surface area (Å²) in [5.74, 6) is -0.105. The monoisotopic (exact) mass is 439 g/mol. The molecule has 3 rings (SSSR count). The molecule has 0 aliphatic rings. The van der Waals surface area contributed by atoms with E-state index in [1.165, 1.54) is 0 Å². The molecule has 30 heavy (non-hydrogen) atoms. The number of hydrogen-bond donors (Lipinski definition) is 1. The van der Waals surface area contributed by atoms with E-state index in [2.05, 4.69) is 10.4 Å². The first-order valence-electron chi connectivity index (χ1n) is 8.60. The van der Waals surface area contributed by atoms with Crippen molar-refractivity contribution in [2.75, 3.05) is 11.9 Å². The molecule has 0 bridgehead atoms. The minimum atomic E-state index is -5.46. The highest BCUT2D eigenvalue weighted by atomic mass is 32.2. The zero-order chi connectivity index (χ0) is 21.8. The summed E-state index contributed by atoms with van der Waals surface area (Å²) >= 11 is 0. The number of carbonyl (C=O) groups excluding carboxylic acids is 1. The predicted octanol–water partition coefficient (Wildman–Crippen LogP) is 3.51. The highest BCUT2D eigenvalue weighted by Gasteiger charge is 2.46. The van der Waals surface area contributed by atoms with Crippen LogP contribution in [0.25, 0.3) is 0 Å². The van der Waals surface area contributed by atoms with Gasteiger partial charge in [-0.1, -0.05) is 6.07 Å². The molecule has 1 N–H and O–H groups in total. The SMILES string of the molecule is O=C(Nc1cccc(OCCn2cccn2)c1)c1ccc(S(=O)(=O)C(F)(F)F)cc1. The lowest BCUT2D eigenvalue weighted by Crippen LogP contribution is -2.23. The van der Waals surface area contributed by atoms with Crippen LogP contribution in [0.1, 0.15) is 10.4 Å². The molecule has 0 unspecified atom stereocenters. The summed E-state index contributed by atoms with van der Waals surface area (Å²) in [4.78, 5) is 11.4. The lowest BCUT2D eigenvalue weighted by molar-refractivity contribution is -0.0436. The summed E-state index contributed by atoms with van der Waals surface area (Å²) in [5.41, 5.74) is -5.00. The Kier molecular flexibility index (Phi) is 6.11. The van der Waals surface area contributed by atoms with Crippen molar-refractivity contribution in [2.24, 2.45) is 0 Å². The van der Waals surface area contributed by atoms with Crippen LogP contribution in [0.4, 0.5) is 18.9 Å². The fraction of sp³-hybridized carbons (Fsp3) is 0.158. The van der Waals surface area contributed by atoms with Crippen molar-refractivity contribution < 1.29 is 31.1 Å². The second-order valence-corrected chi connectivity index (χ2v) is 8.01. The molecule has 0 radical (unpaired) electrons. The van der Waals surface area contributed by atoms with Crippen LogP contribution < -0.4 is 10.1 Å². The first kappa shape index (κ1) is 21.4. The summed E-state index contributed by atoms with van der Waals surface area (Å²) in [7, 11) is -5.46. The summed E-state index contributed by atoms with van der Waals surface area (Å²) in [6.45, 7) is 0.894. The molecule has 7 nitrogen and oxygen atoms in total. The molecule has 11 heteroatoms. The molecule has 0 atom stereocenters. The zero-order valence-corrected chi connectivity index (χ0v) is 16.2. The van der Waals surface area contributed by atoms with Gasteiger partial charge in [-0.3, -0.25) is 9.48 Å². The van der Waals surface area contributed by atoms with Crippen LogP contribution in [0.5, 0.6) is 5.75 Å². The van der Waals surface area contributed by atoms with Gasteiger partial charge < -0.3 is 10.1 Å². The van der Waals surface area contributed by atoms with E-state index in [0.29, 0.717) is 24.6 Å². The average Bonchev–Trinajstić information content (AvgIpc) is 3.21. The summed E-state index contributed by atoms with van der Waals surface area (Å²) in [5, 5.41) is 6.64. The Hall–Kier alpha value is -3.34. The number of rotatable bonds is 7. The lowest BCUT2D eigenvalue weighted by Gasteiger charge is -2.10. The Labute approximate surface area is 170 Å². The predicted molar refractivity (Wildman–Crippen MR) is 102 cm³/mol. The number of nitrogens with one attached hydrogen (secondary N) is 1. The van der Waals surface area contributed by atoms with E-state index in [-0.39, 0.29) is 5.56 Å². The van der Waals surface area contributed by atoms with E-state index in [1.807, 2.05) is 0 Å². The molecule has 2 aromatic carbocycles. The van der Waals surface area contributed by atoms with Crippen molar-refractivity contribution in [3.8, 4) is 5.75 Å². The van der Waals surface area contributed by atoms with Crippen LogP contribution >= 0.6 is 0 Å². The van der Waals surface area contributed by atoms with Gasteiger partial charge in [-0.15, -0.1) is 0 Å². The minimum Gasteiger partial charge on any atom is -0.492 e. The van der Waals surface area contributed by atoms with E-state index < -0.39 is 26.1 Å². The fourth-order valence-electron chi connectivity index (χ4n) is 2.48. The molecule has 3 aromatic rings. The normalized spacial score (nSPS) is 11.8. The molecule has 0 aliphatic carbocycles. The molecular weight excluding hydrogens is 423 g/mol. The second-order valence-electron chi connectivity index (χ2n) is 6.07. The van der Waals surface area contributed by atoms with E-state index >= 15 is 0 Å². The maximum Gasteiger partial charge on any atom is 0.501 e. The van der Waals surface area contributed by atoms with E-state index in [1.54, 1.807) is 47.4 Å². The first-order valence-corrected chi connectivity index (χ1v) is 10.1. The molecule has 0 spiro atoms. The van der Waals surface area contributed by atoms with Crippen molar-refractivity contribution in [2.45, 2.75) is 16.9 Å². The van der Waals surface area contributed by atoms with E-state index in [4.69, 9.17) is 4.74 Å². The third-order valence-electron chi connectivity index (χ3n) is 3.97. The largest absolute Gasteiger partial charge is 0.501 e. The quantitative estimate of drug-likeness (QED) is 0.609. The number of anilines is 1. The highest BCUT2D eigenvalue weighted by molar-refractivity contribution is 7.92. The van der Waals surface area contributed by atoms with Gasteiger partial charge in [0.05, 0.1) is 11.4 Å². The number of benzene rings is 2. The maximum atomic E-state index is 12.6. The third-order valence-corrected chi connectivity index (χ3v) is 5.47. The average molecular weight is 439 g/mol. The number of amides is 1. The molecular formula is C19H16F3N3O4S. The highest BCUT2D eigenvalue weighted by Crippen LogP contribution is 2.30. The van der Waals surface area contributed by atoms with Gasteiger partial charge in [-0.2, -0.15) is 18.3 Å². The second kappa shape index (κ2) is 8.57.